The van der Waals surface area contributed by atoms with Crippen LogP contribution in [0.4, 0.5) is 14.9 Å². The summed E-state index contributed by atoms with van der Waals surface area (Å²) in [6.07, 6.45) is 7.98. The fourth-order valence-corrected chi connectivity index (χ4v) is 6.45. The molecule has 0 aliphatic carbocycles. The molecular formula is C37H55FN4O6. The lowest BCUT2D eigenvalue weighted by Gasteiger charge is -2.37. The molecule has 48 heavy (non-hydrogen) atoms. The number of allylic oxidation sites excluding steroid dienone is 2. The van der Waals surface area contributed by atoms with Crippen LogP contribution in [0.15, 0.2) is 35.9 Å². The predicted octanol–water partition coefficient (Wildman–Crippen LogP) is 4.80. The molecule has 11 heteroatoms. The smallest absolute Gasteiger partial charge is 0.410 e. The van der Waals surface area contributed by atoms with Crippen molar-refractivity contribution in [3.05, 3.63) is 47.3 Å². The number of carbonyl (C=O) groups excluding carboxylic acids is 4. The number of rotatable bonds is 15. The molecule has 0 unspecified atom stereocenters. The number of ether oxygens (including phenoxy) is 1. The normalized spacial score (nSPS) is 19.8. The zero-order valence-electron chi connectivity index (χ0n) is 29.5. The number of piperazine rings is 1. The fraction of sp³-hybridized carbons (Fsp3) is 0.622. The third kappa shape index (κ3) is 11.5. The van der Waals surface area contributed by atoms with Gasteiger partial charge in [0.25, 0.3) is 0 Å². The number of halogens is 1. The molecule has 2 aliphatic heterocycles. The highest BCUT2D eigenvalue weighted by molar-refractivity contribution is 5.73. The Hall–Kier alpha value is -3.57. The van der Waals surface area contributed by atoms with Crippen LogP contribution < -0.4 is 4.90 Å². The van der Waals surface area contributed by atoms with Crippen molar-refractivity contribution in [3.8, 4) is 0 Å². The lowest BCUT2D eigenvalue weighted by atomic mass is 9.86. The van der Waals surface area contributed by atoms with Gasteiger partial charge in [-0.25, -0.2) is 9.18 Å². The monoisotopic (exact) mass is 670 g/mol. The highest BCUT2D eigenvalue weighted by Crippen LogP contribution is 2.28. The number of carbonyl (C=O) groups is 4. The molecule has 10 nitrogen and oxygen atoms in total. The Labute approximate surface area is 285 Å². The number of hydrogen-bond acceptors (Lipinski definition) is 8. The van der Waals surface area contributed by atoms with E-state index in [9.17, 15) is 28.7 Å². The van der Waals surface area contributed by atoms with E-state index in [-0.39, 0.29) is 36.0 Å². The summed E-state index contributed by atoms with van der Waals surface area (Å²) >= 11 is 0. The zero-order chi connectivity index (χ0) is 35.4. The number of amides is 2. The highest BCUT2D eigenvalue weighted by Gasteiger charge is 2.27. The molecule has 2 amide bonds. The van der Waals surface area contributed by atoms with Crippen LogP contribution in [0.1, 0.15) is 65.4 Å². The van der Waals surface area contributed by atoms with Gasteiger partial charge in [-0.3, -0.25) is 4.79 Å². The molecule has 3 rings (SSSR count). The Morgan fingerprint density at radius 3 is 2.27 bits per heavy atom. The molecule has 0 saturated carbocycles. The van der Waals surface area contributed by atoms with E-state index in [1.807, 2.05) is 64.1 Å². The number of aliphatic hydroxyl groups excluding tert-OH is 1. The Bertz CT molecular complexity index is 1290. The Morgan fingerprint density at radius 1 is 1.00 bits per heavy atom. The minimum Gasteiger partial charge on any atom is -0.442 e. The van der Waals surface area contributed by atoms with Gasteiger partial charge in [-0.1, -0.05) is 31.6 Å². The minimum absolute atomic E-state index is 0.0571. The molecule has 0 bridgehead atoms. The standard InChI is InChI=1S/C37H55FN4O6/c1-26(8-10-36(27(2)7-9-34(46)13-20-43)48-37(47)42-18-16-39(5)17-19-42)35(25-44)28(3)21-30-22-31(38)24-33(23-30)40(6)32-11-14-41(15-12-32)29(4)45/h8,10,20-27,32,34-36,46H,7,9,11-19H2,1-6H3/b10-8+,28-21+/t26-,27-,34+,35-,36-/m0/s1. The first-order chi connectivity index (χ1) is 22.8. The molecule has 0 radical (unpaired) electrons. The molecule has 2 heterocycles. The Morgan fingerprint density at radius 2 is 1.67 bits per heavy atom. The van der Waals surface area contributed by atoms with E-state index in [0.717, 1.165) is 43.5 Å². The van der Waals surface area contributed by atoms with Crippen LogP contribution in [-0.2, 0) is 19.1 Å². The first-order valence-corrected chi connectivity index (χ1v) is 17.2. The molecule has 1 N–H and O–H groups in total. The number of hydrogen-bond donors (Lipinski definition) is 1. The first kappa shape index (κ1) is 38.9. The van der Waals surface area contributed by atoms with Crippen molar-refractivity contribution in [2.45, 2.75) is 78.0 Å². The minimum atomic E-state index is -0.753. The third-order valence-electron chi connectivity index (χ3n) is 9.89. The van der Waals surface area contributed by atoms with Gasteiger partial charge in [0.05, 0.1) is 6.10 Å². The van der Waals surface area contributed by atoms with Crippen LogP contribution in [0.25, 0.3) is 6.08 Å². The fourth-order valence-electron chi connectivity index (χ4n) is 6.45. The van der Waals surface area contributed by atoms with Gasteiger partial charge in [-0.2, -0.15) is 0 Å². The lowest BCUT2D eigenvalue weighted by molar-refractivity contribution is -0.129. The Balaban J connectivity index is 1.74. The van der Waals surface area contributed by atoms with Crippen molar-refractivity contribution in [1.82, 2.24) is 14.7 Å². The second kappa shape index (κ2) is 18.8. The van der Waals surface area contributed by atoms with Gasteiger partial charge in [-0.15, -0.1) is 0 Å². The van der Waals surface area contributed by atoms with E-state index in [1.54, 1.807) is 11.8 Å². The SMILES string of the molecule is CC(=O)N1CCC(N(C)c2cc(F)cc(/C=C(\C)[C@@H](C=O)[C@@H](C)/C=C/[C@H](OC(=O)N3CCN(C)CC3)[C@@H](C)CC[C@@H](O)CC=O)c2)CC1. The van der Waals surface area contributed by atoms with E-state index in [2.05, 4.69) is 9.80 Å². The summed E-state index contributed by atoms with van der Waals surface area (Å²) in [5.41, 5.74) is 2.16. The summed E-state index contributed by atoms with van der Waals surface area (Å²) in [5, 5.41) is 10.1. The topological polar surface area (TPSA) is 111 Å². The largest absolute Gasteiger partial charge is 0.442 e. The Kier molecular flexibility index (Phi) is 15.3. The summed E-state index contributed by atoms with van der Waals surface area (Å²) in [5.74, 6) is -1.19. The third-order valence-corrected chi connectivity index (χ3v) is 9.89. The molecule has 0 aromatic heterocycles. The molecule has 1 aromatic carbocycles. The maximum atomic E-state index is 14.8. The van der Waals surface area contributed by atoms with Gasteiger partial charge in [0.15, 0.2) is 0 Å². The van der Waals surface area contributed by atoms with Crippen LogP contribution in [0.2, 0.25) is 0 Å². The maximum absolute atomic E-state index is 14.8. The van der Waals surface area contributed by atoms with Crippen molar-refractivity contribution >= 4 is 36.3 Å². The second-order valence-electron chi connectivity index (χ2n) is 13.6. The number of aliphatic hydroxyl groups is 1. The lowest BCUT2D eigenvalue weighted by Crippen LogP contribution is -2.48. The summed E-state index contributed by atoms with van der Waals surface area (Å²) < 4.78 is 20.8. The van der Waals surface area contributed by atoms with E-state index in [1.165, 1.54) is 12.1 Å². The van der Waals surface area contributed by atoms with Gasteiger partial charge in [-0.05, 0) is 81.3 Å². The van der Waals surface area contributed by atoms with Gasteiger partial charge in [0.2, 0.25) is 5.91 Å². The van der Waals surface area contributed by atoms with E-state index in [4.69, 9.17) is 4.74 Å². The average molecular weight is 671 g/mol. The molecule has 5 atom stereocenters. The molecule has 2 aliphatic rings. The van der Waals surface area contributed by atoms with Crippen molar-refractivity contribution in [2.75, 3.05) is 58.3 Å². The van der Waals surface area contributed by atoms with Crippen LogP contribution in [0.3, 0.4) is 0 Å². The highest BCUT2D eigenvalue weighted by atomic mass is 19.1. The summed E-state index contributed by atoms with van der Waals surface area (Å²) in [6.45, 7) is 11.3. The maximum Gasteiger partial charge on any atom is 0.410 e. The number of piperidine rings is 1. The van der Waals surface area contributed by atoms with Crippen molar-refractivity contribution in [3.63, 3.8) is 0 Å². The molecular weight excluding hydrogens is 615 g/mol. The van der Waals surface area contributed by atoms with Crippen LogP contribution >= 0.6 is 0 Å². The number of anilines is 1. The summed E-state index contributed by atoms with van der Waals surface area (Å²) in [6, 6.07) is 5.06. The van der Waals surface area contributed by atoms with Gasteiger partial charge in [0.1, 0.15) is 24.5 Å². The van der Waals surface area contributed by atoms with Crippen LogP contribution in [0, 0.1) is 23.6 Å². The molecule has 0 spiro atoms. The number of nitrogens with zero attached hydrogens (tertiary/aromatic N) is 4. The summed E-state index contributed by atoms with van der Waals surface area (Å²) in [4.78, 5) is 55.8. The van der Waals surface area contributed by atoms with Gasteiger partial charge >= 0.3 is 6.09 Å². The van der Waals surface area contributed by atoms with Crippen molar-refractivity contribution < 1.29 is 33.4 Å². The molecule has 266 valence electrons. The van der Waals surface area contributed by atoms with Gasteiger partial charge in [0, 0.05) is 77.3 Å². The molecule has 2 saturated heterocycles. The van der Waals surface area contributed by atoms with E-state index >= 15 is 0 Å². The predicted molar refractivity (Wildman–Crippen MR) is 186 cm³/mol. The van der Waals surface area contributed by atoms with E-state index in [0.29, 0.717) is 50.9 Å². The second-order valence-corrected chi connectivity index (χ2v) is 13.6. The molecule has 2 fully saturated rings. The van der Waals surface area contributed by atoms with Crippen LogP contribution in [0.5, 0.6) is 0 Å². The number of benzene rings is 1. The zero-order valence-corrected chi connectivity index (χ0v) is 29.5. The van der Waals surface area contributed by atoms with Crippen molar-refractivity contribution in [1.29, 1.82) is 0 Å². The number of likely N-dealkylation sites (N-methyl/N-ethyl adjacent to an activating group) is 1. The van der Waals surface area contributed by atoms with Gasteiger partial charge < -0.3 is 39.0 Å². The first-order valence-electron chi connectivity index (χ1n) is 17.2. The number of likely N-dealkylation sites (tertiary alicyclic amines) is 1. The molecule has 1 aromatic rings. The quantitative estimate of drug-likeness (QED) is 0.209. The average Bonchev–Trinajstić information content (AvgIpc) is 3.05. The van der Waals surface area contributed by atoms with Crippen molar-refractivity contribution in [2.24, 2.45) is 17.8 Å². The number of aldehydes is 2. The van der Waals surface area contributed by atoms with E-state index < -0.39 is 24.2 Å². The summed E-state index contributed by atoms with van der Waals surface area (Å²) in [7, 11) is 3.96. The van der Waals surface area contributed by atoms with Crippen LogP contribution in [-0.4, -0.2) is 116 Å².